The highest BCUT2D eigenvalue weighted by atomic mass is 16.5. The van der Waals surface area contributed by atoms with E-state index in [4.69, 9.17) is 4.52 Å². The van der Waals surface area contributed by atoms with E-state index < -0.39 is 0 Å². The molecule has 1 saturated heterocycles. The second-order valence-corrected chi connectivity index (χ2v) is 6.23. The molecule has 1 aromatic carbocycles. The van der Waals surface area contributed by atoms with Crippen LogP contribution < -0.4 is 5.32 Å². The van der Waals surface area contributed by atoms with Crippen LogP contribution in [0.15, 0.2) is 34.9 Å². The highest BCUT2D eigenvalue weighted by Crippen LogP contribution is 2.18. The lowest BCUT2D eigenvalue weighted by molar-refractivity contribution is 0.0535. The lowest BCUT2D eigenvalue weighted by Gasteiger charge is -2.29. The summed E-state index contributed by atoms with van der Waals surface area (Å²) in [5, 5.41) is 17.7. The largest absolute Gasteiger partial charge is 0.392 e. The van der Waals surface area contributed by atoms with E-state index in [1.165, 1.54) is 0 Å². The van der Waals surface area contributed by atoms with Gasteiger partial charge in [-0.15, -0.1) is 0 Å². The Hall–Kier alpha value is -1.76. The Balaban J connectivity index is 1.53. The molecule has 0 amide bonds. The Labute approximate surface area is 136 Å². The Morgan fingerprint density at radius 1 is 1.30 bits per heavy atom. The van der Waals surface area contributed by atoms with Crippen LogP contribution in [0.3, 0.4) is 0 Å². The van der Waals surface area contributed by atoms with Crippen molar-refractivity contribution in [2.75, 3.05) is 26.7 Å². The average Bonchev–Trinajstić information content (AvgIpc) is 3.04. The second-order valence-electron chi connectivity index (χ2n) is 6.23. The topological polar surface area (TPSA) is 74.4 Å². The van der Waals surface area contributed by atoms with Crippen LogP contribution >= 0.6 is 0 Å². The Bertz CT molecular complexity index is 596. The van der Waals surface area contributed by atoms with Gasteiger partial charge in [-0.25, -0.2) is 0 Å². The molecule has 2 N–H and O–H groups in total. The molecule has 1 fully saturated rings. The molecular formula is C17H24N4O2. The third-order valence-electron chi connectivity index (χ3n) is 4.33. The number of rotatable bonds is 6. The van der Waals surface area contributed by atoms with Crippen molar-refractivity contribution in [2.24, 2.45) is 5.92 Å². The zero-order valence-corrected chi connectivity index (χ0v) is 13.5. The van der Waals surface area contributed by atoms with E-state index >= 15 is 0 Å². The minimum Gasteiger partial charge on any atom is -0.392 e. The lowest BCUT2D eigenvalue weighted by Crippen LogP contribution is -2.39. The number of likely N-dealkylation sites (N-methyl/N-ethyl adjacent to an activating group) is 1. The number of aliphatic hydroxyl groups is 1. The van der Waals surface area contributed by atoms with Crippen molar-refractivity contribution in [1.29, 1.82) is 0 Å². The molecule has 23 heavy (non-hydrogen) atoms. The molecule has 0 bridgehead atoms. The van der Waals surface area contributed by atoms with Crippen LogP contribution in [0.5, 0.6) is 0 Å². The quantitative estimate of drug-likeness (QED) is 0.842. The molecule has 2 heterocycles. The van der Waals surface area contributed by atoms with Gasteiger partial charge in [-0.3, -0.25) is 4.90 Å². The van der Waals surface area contributed by atoms with Gasteiger partial charge in [0.2, 0.25) is 11.7 Å². The smallest absolute Gasteiger partial charge is 0.241 e. The maximum atomic E-state index is 10.4. The molecule has 1 aliphatic rings. The molecule has 2 aromatic rings. The number of aliphatic hydroxyl groups excluding tert-OH is 1. The van der Waals surface area contributed by atoms with Crippen molar-refractivity contribution in [2.45, 2.75) is 25.5 Å². The lowest BCUT2D eigenvalue weighted by atomic mass is 9.92. The molecule has 124 valence electrons. The molecule has 3 rings (SSSR count). The number of aromatic nitrogens is 2. The minimum absolute atomic E-state index is 0.307. The average molecular weight is 316 g/mol. The van der Waals surface area contributed by atoms with Crippen LogP contribution in [0.2, 0.25) is 0 Å². The predicted molar refractivity (Wildman–Crippen MR) is 87.7 cm³/mol. The third-order valence-corrected chi connectivity index (χ3v) is 4.33. The van der Waals surface area contributed by atoms with E-state index in [0.717, 1.165) is 31.5 Å². The standard InChI is InChI=1S/C17H24N4O2/c1-21(11-15(22)13-7-9-18-10-8-13)12-16-19-17(20-23-16)14-5-3-2-4-6-14/h2-6,13,15,18,22H,7-12H2,1H3. The Morgan fingerprint density at radius 3 is 2.78 bits per heavy atom. The highest BCUT2D eigenvalue weighted by molar-refractivity contribution is 5.53. The molecule has 6 nitrogen and oxygen atoms in total. The Morgan fingerprint density at radius 2 is 2.04 bits per heavy atom. The maximum absolute atomic E-state index is 10.4. The van der Waals surface area contributed by atoms with Gasteiger partial charge >= 0.3 is 0 Å². The molecule has 0 saturated carbocycles. The monoisotopic (exact) mass is 316 g/mol. The highest BCUT2D eigenvalue weighted by Gasteiger charge is 2.23. The number of nitrogens with zero attached hydrogens (tertiary/aromatic N) is 3. The van der Waals surface area contributed by atoms with Crippen LogP contribution in [0.1, 0.15) is 18.7 Å². The number of hydrogen-bond acceptors (Lipinski definition) is 6. The van der Waals surface area contributed by atoms with Gasteiger partial charge in [-0.1, -0.05) is 35.5 Å². The molecule has 0 radical (unpaired) electrons. The fourth-order valence-corrected chi connectivity index (χ4v) is 3.02. The number of nitrogens with one attached hydrogen (secondary N) is 1. The van der Waals surface area contributed by atoms with Gasteiger partial charge in [0.25, 0.3) is 0 Å². The van der Waals surface area contributed by atoms with Gasteiger partial charge in [-0.2, -0.15) is 4.98 Å². The molecule has 0 spiro atoms. The van der Waals surface area contributed by atoms with Crippen molar-refractivity contribution >= 4 is 0 Å². The molecule has 6 heteroatoms. The first-order chi connectivity index (χ1) is 11.2. The van der Waals surface area contributed by atoms with Crippen molar-refractivity contribution in [3.8, 4) is 11.4 Å². The van der Waals surface area contributed by atoms with E-state index in [2.05, 4.69) is 15.5 Å². The molecule has 1 aliphatic heterocycles. The van der Waals surface area contributed by atoms with Crippen LogP contribution in [-0.2, 0) is 6.54 Å². The van der Waals surface area contributed by atoms with E-state index in [0.29, 0.717) is 30.7 Å². The summed E-state index contributed by atoms with van der Waals surface area (Å²) in [7, 11) is 1.97. The first kappa shape index (κ1) is 16.1. The van der Waals surface area contributed by atoms with E-state index in [-0.39, 0.29) is 6.10 Å². The summed E-state index contributed by atoms with van der Waals surface area (Å²) >= 11 is 0. The van der Waals surface area contributed by atoms with Crippen molar-refractivity contribution in [3.63, 3.8) is 0 Å². The summed E-state index contributed by atoms with van der Waals surface area (Å²) in [6.45, 7) is 3.15. The minimum atomic E-state index is -0.307. The van der Waals surface area contributed by atoms with Gasteiger partial charge in [0.15, 0.2) is 0 Å². The van der Waals surface area contributed by atoms with Crippen LogP contribution in [0.4, 0.5) is 0 Å². The van der Waals surface area contributed by atoms with Crippen LogP contribution in [-0.4, -0.2) is 52.9 Å². The summed E-state index contributed by atoms with van der Waals surface area (Å²) in [5.41, 5.74) is 0.944. The van der Waals surface area contributed by atoms with Crippen LogP contribution in [0, 0.1) is 5.92 Å². The molecule has 0 aliphatic carbocycles. The zero-order valence-electron chi connectivity index (χ0n) is 13.5. The second kappa shape index (κ2) is 7.68. The summed E-state index contributed by atoms with van der Waals surface area (Å²) in [6, 6.07) is 9.78. The summed E-state index contributed by atoms with van der Waals surface area (Å²) in [4.78, 5) is 6.47. The van der Waals surface area contributed by atoms with Gasteiger partial charge in [0.1, 0.15) is 0 Å². The first-order valence-electron chi connectivity index (χ1n) is 8.17. The number of piperidine rings is 1. The van der Waals surface area contributed by atoms with Crippen LogP contribution in [0.25, 0.3) is 11.4 Å². The van der Waals surface area contributed by atoms with E-state index in [1.807, 2.05) is 42.3 Å². The van der Waals surface area contributed by atoms with Crippen molar-refractivity contribution < 1.29 is 9.63 Å². The fraction of sp³-hybridized carbons (Fsp3) is 0.529. The normalized spacial score (nSPS) is 17.5. The zero-order chi connectivity index (χ0) is 16.1. The number of benzene rings is 1. The van der Waals surface area contributed by atoms with Gasteiger partial charge in [0.05, 0.1) is 12.6 Å². The van der Waals surface area contributed by atoms with Gasteiger partial charge in [0, 0.05) is 12.1 Å². The molecule has 1 atom stereocenters. The van der Waals surface area contributed by atoms with Crippen molar-refractivity contribution in [3.05, 3.63) is 36.2 Å². The molecular weight excluding hydrogens is 292 g/mol. The first-order valence-corrected chi connectivity index (χ1v) is 8.17. The summed E-state index contributed by atoms with van der Waals surface area (Å²) in [6.07, 6.45) is 1.76. The SMILES string of the molecule is CN(Cc1nc(-c2ccccc2)no1)CC(O)C1CCNCC1. The third kappa shape index (κ3) is 4.37. The number of hydrogen-bond donors (Lipinski definition) is 2. The summed E-state index contributed by atoms with van der Waals surface area (Å²) < 4.78 is 5.32. The van der Waals surface area contributed by atoms with Gasteiger partial charge in [-0.05, 0) is 38.9 Å². The predicted octanol–water partition coefficient (Wildman–Crippen LogP) is 1.53. The molecule has 1 aromatic heterocycles. The van der Waals surface area contributed by atoms with E-state index in [1.54, 1.807) is 0 Å². The Kier molecular flexibility index (Phi) is 5.38. The van der Waals surface area contributed by atoms with E-state index in [9.17, 15) is 5.11 Å². The van der Waals surface area contributed by atoms with Gasteiger partial charge < -0.3 is 14.9 Å². The fourth-order valence-electron chi connectivity index (χ4n) is 3.02. The van der Waals surface area contributed by atoms with Crippen molar-refractivity contribution in [1.82, 2.24) is 20.4 Å². The molecule has 1 unspecified atom stereocenters. The maximum Gasteiger partial charge on any atom is 0.241 e. The summed E-state index contributed by atoms with van der Waals surface area (Å²) in [5.74, 6) is 1.55.